The lowest BCUT2D eigenvalue weighted by Gasteiger charge is -2.25. The van der Waals surface area contributed by atoms with Crippen molar-refractivity contribution >= 4 is 5.78 Å². The van der Waals surface area contributed by atoms with Crippen molar-refractivity contribution in [2.24, 2.45) is 11.8 Å². The summed E-state index contributed by atoms with van der Waals surface area (Å²) in [6.45, 7) is 6.61. The Hall–Kier alpha value is -0.370. The number of hydrogen-bond donors (Lipinski definition) is 0. The molecule has 80 valence electrons. The minimum absolute atomic E-state index is 0.0478. The van der Waals surface area contributed by atoms with E-state index in [0.717, 1.165) is 18.8 Å². The van der Waals surface area contributed by atoms with E-state index in [2.05, 4.69) is 20.8 Å². The Bertz CT molecular complexity index is 247. The smallest absolute Gasteiger partial charge is 0.164 e. The highest BCUT2D eigenvalue weighted by Crippen LogP contribution is 2.51. The predicted molar refractivity (Wildman–Crippen MR) is 55.1 cm³/mol. The molecule has 0 bridgehead atoms. The molecule has 14 heavy (non-hydrogen) atoms. The van der Waals surface area contributed by atoms with Gasteiger partial charge >= 0.3 is 0 Å². The molecule has 0 spiro atoms. The van der Waals surface area contributed by atoms with E-state index in [1.165, 1.54) is 12.8 Å². The second-order valence-corrected chi connectivity index (χ2v) is 5.35. The first-order chi connectivity index (χ1) is 6.54. The summed E-state index contributed by atoms with van der Waals surface area (Å²) in [5.41, 5.74) is -0.0791. The van der Waals surface area contributed by atoms with Crippen LogP contribution in [0.1, 0.15) is 46.5 Å². The summed E-state index contributed by atoms with van der Waals surface area (Å²) < 4.78 is 5.57. The molecular formula is C12H20O2. The molecule has 1 saturated carbocycles. The van der Waals surface area contributed by atoms with Crippen LogP contribution in [0.25, 0.3) is 0 Å². The van der Waals surface area contributed by atoms with Gasteiger partial charge in [0.25, 0.3) is 0 Å². The topological polar surface area (TPSA) is 29.6 Å². The van der Waals surface area contributed by atoms with Crippen molar-refractivity contribution in [2.45, 2.75) is 58.2 Å². The molecule has 0 aromatic rings. The van der Waals surface area contributed by atoms with Crippen LogP contribution in [0, 0.1) is 11.8 Å². The first-order valence-electron chi connectivity index (χ1n) is 5.74. The number of ketones is 1. The SMILES string of the molecule is CC(C)CCC1CCC(=O)C2OC12C. The van der Waals surface area contributed by atoms with Crippen molar-refractivity contribution in [3.8, 4) is 0 Å². The van der Waals surface area contributed by atoms with Crippen LogP contribution in [0.3, 0.4) is 0 Å². The molecule has 1 aliphatic carbocycles. The van der Waals surface area contributed by atoms with E-state index in [1.54, 1.807) is 0 Å². The number of carbonyl (C=O) groups excluding carboxylic acids is 1. The molecule has 3 atom stereocenters. The largest absolute Gasteiger partial charge is 0.358 e. The van der Waals surface area contributed by atoms with Crippen LogP contribution < -0.4 is 0 Å². The predicted octanol–water partition coefficient (Wildman–Crippen LogP) is 2.56. The van der Waals surface area contributed by atoms with E-state index in [4.69, 9.17) is 4.74 Å². The van der Waals surface area contributed by atoms with Crippen LogP contribution in [-0.2, 0) is 9.53 Å². The third-order valence-electron chi connectivity index (χ3n) is 3.77. The van der Waals surface area contributed by atoms with Crippen molar-refractivity contribution in [2.75, 3.05) is 0 Å². The van der Waals surface area contributed by atoms with Crippen molar-refractivity contribution in [3.63, 3.8) is 0 Å². The fourth-order valence-corrected chi connectivity index (χ4v) is 2.62. The zero-order chi connectivity index (χ0) is 10.3. The number of Topliss-reactive ketones (excluding diaryl/α,β-unsaturated/α-hetero) is 1. The Labute approximate surface area is 86.0 Å². The molecule has 0 aromatic heterocycles. The molecule has 0 aromatic carbocycles. The van der Waals surface area contributed by atoms with Gasteiger partial charge < -0.3 is 4.74 Å². The van der Waals surface area contributed by atoms with Crippen molar-refractivity contribution in [1.29, 1.82) is 0 Å². The molecule has 0 radical (unpaired) electrons. The highest BCUT2D eigenvalue weighted by Gasteiger charge is 2.62. The van der Waals surface area contributed by atoms with Gasteiger partial charge in [-0.3, -0.25) is 4.79 Å². The number of hydrogen-bond acceptors (Lipinski definition) is 2. The van der Waals surface area contributed by atoms with Gasteiger partial charge in [-0.1, -0.05) is 20.3 Å². The maximum Gasteiger partial charge on any atom is 0.164 e. The number of carbonyl (C=O) groups is 1. The third-order valence-corrected chi connectivity index (χ3v) is 3.77. The first-order valence-corrected chi connectivity index (χ1v) is 5.74. The van der Waals surface area contributed by atoms with E-state index < -0.39 is 0 Å². The maximum absolute atomic E-state index is 11.4. The average molecular weight is 196 g/mol. The van der Waals surface area contributed by atoms with Gasteiger partial charge in [-0.2, -0.15) is 0 Å². The summed E-state index contributed by atoms with van der Waals surface area (Å²) in [7, 11) is 0. The second kappa shape index (κ2) is 3.34. The van der Waals surface area contributed by atoms with Crippen LogP contribution >= 0.6 is 0 Å². The summed E-state index contributed by atoms with van der Waals surface area (Å²) in [5, 5.41) is 0. The average Bonchev–Trinajstić information content (AvgIpc) is 2.78. The summed E-state index contributed by atoms with van der Waals surface area (Å²) in [5.74, 6) is 1.70. The van der Waals surface area contributed by atoms with E-state index in [0.29, 0.717) is 11.7 Å². The summed E-state index contributed by atoms with van der Waals surface area (Å²) in [6, 6.07) is 0. The Morgan fingerprint density at radius 3 is 2.93 bits per heavy atom. The molecule has 0 amide bonds. The van der Waals surface area contributed by atoms with Gasteiger partial charge in [-0.25, -0.2) is 0 Å². The molecule has 2 heteroatoms. The molecule has 2 aliphatic rings. The zero-order valence-electron chi connectivity index (χ0n) is 9.38. The molecule has 1 saturated heterocycles. The van der Waals surface area contributed by atoms with Crippen LogP contribution in [-0.4, -0.2) is 17.5 Å². The van der Waals surface area contributed by atoms with Crippen molar-refractivity contribution in [1.82, 2.24) is 0 Å². The Morgan fingerprint density at radius 2 is 2.29 bits per heavy atom. The monoisotopic (exact) mass is 196 g/mol. The molecular weight excluding hydrogens is 176 g/mol. The van der Waals surface area contributed by atoms with Crippen molar-refractivity contribution < 1.29 is 9.53 Å². The standard InChI is InChI=1S/C12H20O2/c1-8(2)4-5-9-6-7-10(13)11-12(9,3)14-11/h8-9,11H,4-7H2,1-3H3. The minimum Gasteiger partial charge on any atom is -0.358 e. The third kappa shape index (κ3) is 1.60. The molecule has 3 unspecified atom stereocenters. The van der Waals surface area contributed by atoms with Gasteiger partial charge in [0, 0.05) is 6.42 Å². The van der Waals surface area contributed by atoms with Gasteiger partial charge in [0.2, 0.25) is 0 Å². The normalized spacial score (nSPS) is 41.3. The second-order valence-electron chi connectivity index (χ2n) is 5.35. The Kier molecular flexibility index (Phi) is 2.42. The van der Waals surface area contributed by atoms with Gasteiger partial charge in [0.15, 0.2) is 5.78 Å². The fraction of sp³-hybridized carbons (Fsp3) is 0.917. The van der Waals surface area contributed by atoms with Crippen LogP contribution in [0.15, 0.2) is 0 Å². The van der Waals surface area contributed by atoms with Crippen LogP contribution in [0.2, 0.25) is 0 Å². The molecule has 1 heterocycles. The number of ether oxygens (including phenoxy) is 1. The van der Waals surface area contributed by atoms with Crippen molar-refractivity contribution in [3.05, 3.63) is 0 Å². The van der Waals surface area contributed by atoms with Gasteiger partial charge in [-0.05, 0) is 31.6 Å². The van der Waals surface area contributed by atoms with Crippen LogP contribution in [0.5, 0.6) is 0 Å². The summed E-state index contributed by atoms with van der Waals surface area (Å²) >= 11 is 0. The number of epoxide rings is 1. The Morgan fingerprint density at radius 1 is 1.57 bits per heavy atom. The quantitative estimate of drug-likeness (QED) is 0.649. The van der Waals surface area contributed by atoms with Crippen LogP contribution in [0.4, 0.5) is 0 Å². The minimum atomic E-state index is -0.0791. The molecule has 0 N–H and O–H groups in total. The molecule has 1 aliphatic heterocycles. The summed E-state index contributed by atoms with van der Waals surface area (Å²) in [6.07, 6.45) is 4.21. The van der Waals surface area contributed by atoms with Gasteiger partial charge in [0.1, 0.15) is 11.7 Å². The van der Waals surface area contributed by atoms with E-state index in [9.17, 15) is 4.79 Å². The molecule has 2 rings (SSSR count). The van der Waals surface area contributed by atoms with E-state index >= 15 is 0 Å². The molecule has 2 fully saturated rings. The lowest BCUT2D eigenvalue weighted by molar-refractivity contribution is -0.121. The fourth-order valence-electron chi connectivity index (χ4n) is 2.62. The van der Waals surface area contributed by atoms with Gasteiger partial charge in [0.05, 0.1) is 0 Å². The van der Waals surface area contributed by atoms with E-state index in [1.807, 2.05) is 0 Å². The maximum atomic E-state index is 11.4. The highest BCUT2D eigenvalue weighted by atomic mass is 16.6. The summed E-state index contributed by atoms with van der Waals surface area (Å²) in [4.78, 5) is 11.4. The van der Waals surface area contributed by atoms with Gasteiger partial charge in [-0.15, -0.1) is 0 Å². The van der Waals surface area contributed by atoms with E-state index in [-0.39, 0.29) is 11.7 Å². The lowest BCUT2D eigenvalue weighted by atomic mass is 9.76. The Balaban J connectivity index is 1.91. The number of rotatable bonds is 3. The zero-order valence-corrected chi connectivity index (χ0v) is 9.38. The number of fused-ring (bicyclic) bond motifs is 1. The highest BCUT2D eigenvalue weighted by molar-refractivity contribution is 5.88. The molecule has 2 nitrogen and oxygen atoms in total. The lowest BCUT2D eigenvalue weighted by Crippen LogP contribution is -2.32. The first kappa shape index (κ1) is 10.2.